The van der Waals surface area contributed by atoms with E-state index in [4.69, 9.17) is 10.3 Å². The van der Waals surface area contributed by atoms with Crippen LogP contribution in [-0.2, 0) is 14.3 Å². The summed E-state index contributed by atoms with van der Waals surface area (Å²) in [5.74, 6) is -0.550. The maximum absolute atomic E-state index is 14.4. The molecule has 1 saturated heterocycles. The summed E-state index contributed by atoms with van der Waals surface area (Å²) in [6.45, 7) is 0.496. The summed E-state index contributed by atoms with van der Waals surface area (Å²) in [7, 11) is 1.20. The highest BCUT2D eigenvalue weighted by atomic mass is 19.1. The molecule has 2 unspecified atom stereocenters. The van der Waals surface area contributed by atoms with Gasteiger partial charge >= 0.3 is 11.7 Å². The van der Waals surface area contributed by atoms with Gasteiger partial charge in [0.25, 0.3) is 0 Å². The standard InChI is InChI=1S/C13H17FN6O6/c1-6(11(23)25-2)16-7-3-4-20(12(24)17-7)10-8(14)9(22)13(5-21,26-10)18-19-15/h3-4,6,8-10,21-22H,5H2,1-2H3,(H,16,17,24)/t6?,8-,9?,10+,13+/m0/s1. The second-order valence-electron chi connectivity index (χ2n) is 5.48. The van der Waals surface area contributed by atoms with Crippen molar-refractivity contribution in [2.75, 3.05) is 19.0 Å². The highest BCUT2D eigenvalue weighted by Gasteiger charge is 2.56. The first kappa shape index (κ1) is 19.6. The van der Waals surface area contributed by atoms with E-state index in [9.17, 15) is 24.2 Å². The van der Waals surface area contributed by atoms with Gasteiger partial charge in [0.2, 0.25) is 5.72 Å². The molecule has 1 fully saturated rings. The van der Waals surface area contributed by atoms with Crippen molar-refractivity contribution < 1.29 is 28.9 Å². The minimum Gasteiger partial charge on any atom is -0.467 e. The van der Waals surface area contributed by atoms with E-state index >= 15 is 0 Å². The van der Waals surface area contributed by atoms with Crippen LogP contribution in [0.15, 0.2) is 22.2 Å². The number of anilines is 1. The van der Waals surface area contributed by atoms with Gasteiger partial charge in [0.05, 0.1) is 13.7 Å². The molecule has 2 rings (SSSR count). The topological polar surface area (TPSA) is 172 Å². The Hall–Kier alpha value is -2.73. The minimum absolute atomic E-state index is 0.0292. The fraction of sp³-hybridized carbons (Fsp3) is 0.615. The first-order chi connectivity index (χ1) is 12.3. The smallest absolute Gasteiger partial charge is 0.351 e. The van der Waals surface area contributed by atoms with Gasteiger partial charge in [-0.15, -0.1) is 0 Å². The van der Waals surface area contributed by atoms with E-state index in [0.29, 0.717) is 0 Å². The average molecular weight is 372 g/mol. The van der Waals surface area contributed by atoms with E-state index in [0.717, 1.165) is 10.8 Å². The van der Waals surface area contributed by atoms with Gasteiger partial charge in [-0.2, -0.15) is 4.98 Å². The summed E-state index contributed by atoms with van der Waals surface area (Å²) in [5.41, 5.74) is 5.32. The van der Waals surface area contributed by atoms with Crippen LogP contribution in [0.5, 0.6) is 0 Å². The van der Waals surface area contributed by atoms with Crippen molar-refractivity contribution in [3.8, 4) is 0 Å². The van der Waals surface area contributed by atoms with Crippen molar-refractivity contribution in [1.29, 1.82) is 0 Å². The fourth-order valence-corrected chi connectivity index (χ4v) is 2.42. The second-order valence-corrected chi connectivity index (χ2v) is 5.48. The second kappa shape index (κ2) is 7.66. The number of aromatic nitrogens is 2. The number of carbonyl (C=O) groups excluding carboxylic acids is 1. The van der Waals surface area contributed by atoms with E-state index in [1.165, 1.54) is 20.1 Å². The number of hydrogen-bond donors (Lipinski definition) is 3. The van der Waals surface area contributed by atoms with E-state index < -0.39 is 48.5 Å². The summed E-state index contributed by atoms with van der Waals surface area (Å²) >= 11 is 0. The van der Waals surface area contributed by atoms with Gasteiger partial charge in [-0.25, -0.2) is 14.0 Å². The number of esters is 1. The van der Waals surface area contributed by atoms with Gasteiger partial charge in [-0.3, -0.25) is 4.57 Å². The highest BCUT2D eigenvalue weighted by molar-refractivity contribution is 5.78. The molecule has 0 saturated carbocycles. The molecule has 2 heterocycles. The molecule has 3 N–H and O–H groups in total. The van der Waals surface area contributed by atoms with Gasteiger partial charge in [0.1, 0.15) is 18.0 Å². The zero-order chi connectivity index (χ0) is 19.5. The summed E-state index contributed by atoms with van der Waals surface area (Å²) < 4.78 is 24.8. The van der Waals surface area contributed by atoms with Crippen LogP contribution in [-0.4, -0.2) is 63.5 Å². The predicted molar refractivity (Wildman–Crippen MR) is 83.6 cm³/mol. The van der Waals surface area contributed by atoms with Crippen LogP contribution in [0, 0.1) is 0 Å². The van der Waals surface area contributed by atoms with Crippen molar-refractivity contribution >= 4 is 11.8 Å². The molecule has 0 aromatic carbocycles. The number of alkyl halides is 1. The lowest BCUT2D eigenvalue weighted by Gasteiger charge is -2.23. The Labute approximate surface area is 145 Å². The Morgan fingerprint density at radius 3 is 2.96 bits per heavy atom. The number of halogens is 1. The van der Waals surface area contributed by atoms with Gasteiger partial charge in [0.15, 0.2) is 12.4 Å². The van der Waals surface area contributed by atoms with Crippen LogP contribution in [0.3, 0.4) is 0 Å². The highest BCUT2D eigenvalue weighted by Crippen LogP contribution is 2.39. The Morgan fingerprint density at radius 2 is 2.42 bits per heavy atom. The minimum atomic E-state index is -2.26. The van der Waals surface area contributed by atoms with Gasteiger partial charge < -0.3 is 25.0 Å². The third-order valence-electron chi connectivity index (χ3n) is 3.82. The number of rotatable bonds is 6. The molecule has 0 aliphatic carbocycles. The number of methoxy groups -OCH3 is 1. The SMILES string of the molecule is COC(=O)C(C)Nc1ccn([C@@H]2O[C@@](CO)(N=[N+]=[N-])C(O)[C@@H]2F)c(=O)n1. The quantitative estimate of drug-likeness (QED) is 0.258. The first-order valence-corrected chi connectivity index (χ1v) is 7.40. The number of aliphatic hydroxyl groups is 2. The van der Waals surface area contributed by atoms with Gasteiger partial charge in [-0.05, 0) is 18.5 Å². The van der Waals surface area contributed by atoms with Gasteiger partial charge in [-0.1, -0.05) is 5.11 Å². The zero-order valence-corrected chi connectivity index (χ0v) is 13.8. The molecule has 26 heavy (non-hydrogen) atoms. The fourth-order valence-electron chi connectivity index (χ4n) is 2.42. The van der Waals surface area contributed by atoms with Crippen molar-refractivity contribution in [3.05, 3.63) is 33.2 Å². The summed E-state index contributed by atoms with van der Waals surface area (Å²) in [6.07, 6.45) is -4.71. The number of hydrogen-bond acceptors (Lipinski definition) is 9. The Balaban J connectivity index is 2.28. The molecule has 142 valence electrons. The van der Waals surface area contributed by atoms with Crippen molar-refractivity contribution in [2.45, 2.75) is 37.2 Å². The predicted octanol–water partition coefficient (Wildman–Crippen LogP) is -0.557. The number of aliphatic hydroxyl groups excluding tert-OH is 2. The van der Waals surface area contributed by atoms with Crippen LogP contribution in [0.2, 0.25) is 0 Å². The molecule has 0 spiro atoms. The van der Waals surface area contributed by atoms with Crippen LogP contribution < -0.4 is 11.0 Å². The molecule has 0 amide bonds. The van der Waals surface area contributed by atoms with Gasteiger partial charge in [0, 0.05) is 11.1 Å². The summed E-state index contributed by atoms with van der Waals surface area (Å²) in [6, 6.07) is 0.490. The van der Waals surface area contributed by atoms with Crippen LogP contribution in [0.4, 0.5) is 10.2 Å². The van der Waals surface area contributed by atoms with Crippen molar-refractivity contribution in [2.24, 2.45) is 5.11 Å². The van der Waals surface area contributed by atoms with Crippen molar-refractivity contribution in [3.63, 3.8) is 0 Å². The maximum atomic E-state index is 14.4. The number of nitrogens with one attached hydrogen (secondary N) is 1. The summed E-state index contributed by atoms with van der Waals surface area (Å²) in [4.78, 5) is 29.6. The molecule has 1 aliphatic rings. The molecule has 1 aliphatic heterocycles. The van der Waals surface area contributed by atoms with E-state index in [-0.39, 0.29) is 5.82 Å². The maximum Gasteiger partial charge on any atom is 0.351 e. The molecule has 1 aromatic heterocycles. The number of ether oxygens (including phenoxy) is 2. The largest absolute Gasteiger partial charge is 0.467 e. The molecule has 0 radical (unpaired) electrons. The molecule has 12 nitrogen and oxygen atoms in total. The average Bonchev–Trinajstić information content (AvgIpc) is 2.87. The molecule has 1 aromatic rings. The van der Waals surface area contributed by atoms with Crippen LogP contribution >= 0.6 is 0 Å². The third-order valence-corrected chi connectivity index (χ3v) is 3.82. The Morgan fingerprint density at radius 1 is 1.73 bits per heavy atom. The molecular weight excluding hydrogens is 355 g/mol. The number of carbonyl (C=O) groups is 1. The number of azide groups is 1. The molecule has 5 atom stereocenters. The number of nitrogens with zero attached hydrogens (tertiary/aromatic N) is 5. The van der Waals surface area contributed by atoms with Crippen LogP contribution in [0.1, 0.15) is 13.2 Å². The van der Waals surface area contributed by atoms with E-state index in [1.54, 1.807) is 0 Å². The normalized spacial score (nSPS) is 28.9. The third kappa shape index (κ3) is 3.46. The molecular formula is C13H17FN6O6. The molecule has 13 heteroatoms. The summed E-state index contributed by atoms with van der Waals surface area (Å²) in [5, 5.41) is 25.0. The lowest BCUT2D eigenvalue weighted by Crippen LogP contribution is -2.43. The lowest BCUT2D eigenvalue weighted by molar-refractivity contribution is -0.141. The Bertz CT molecular complexity index is 783. The Kier molecular flexibility index (Phi) is 5.77. The first-order valence-electron chi connectivity index (χ1n) is 7.40. The monoisotopic (exact) mass is 372 g/mol. The zero-order valence-electron chi connectivity index (χ0n) is 13.8. The van der Waals surface area contributed by atoms with E-state index in [1.807, 2.05) is 0 Å². The lowest BCUT2D eigenvalue weighted by atomic mass is 10.1. The van der Waals surface area contributed by atoms with E-state index in [2.05, 4.69) is 25.1 Å². The van der Waals surface area contributed by atoms with Crippen molar-refractivity contribution in [1.82, 2.24) is 9.55 Å². The molecule has 0 bridgehead atoms. The van der Waals surface area contributed by atoms with Crippen LogP contribution in [0.25, 0.3) is 10.4 Å².